The zero-order valence-corrected chi connectivity index (χ0v) is 19.1. The van der Waals surface area contributed by atoms with Gasteiger partial charge in [0.15, 0.2) is 0 Å². The van der Waals surface area contributed by atoms with Gasteiger partial charge in [0, 0.05) is 43.3 Å². The van der Waals surface area contributed by atoms with E-state index < -0.39 is 21.1 Å². The molecule has 0 bridgehead atoms. The lowest BCUT2D eigenvalue weighted by molar-refractivity contribution is 0.326. The monoisotopic (exact) mass is 459 g/mol. The van der Waals surface area contributed by atoms with Crippen molar-refractivity contribution in [2.24, 2.45) is 7.05 Å². The van der Waals surface area contributed by atoms with Crippen LogP contribution in [0.5, 0.6) is 0 Å². The molecular weight excluding hydrogens is 433 g/mol. The molecule has 1 aliphatic heterocycles. The average molecular weight is 460 g/mol. The van der Waals surface area contributed by atoms with Gasteiger partial charge in [0.25, 0.3) is 5.56 Å². The number of pyridine rings is 1. The first-order valence-electron chi connectivity index (χ1n) is 10.6. The van der Waals surface area contributed by atoms with E-state index in [-0.39, 0.29) is 22.7 Å². The Balaban J connectivity index is 1.56. The van der Waals surface area contributed by atoms with Crippen molar-refractivity contribution in [2.45, 2.75) is 38.0 Å². The summed E-state index contributed by atoms with van der Waals surface area (Å²) in [4.78, 5) is 21.7. The summed E-state index contributed by atoms with van der Waals surface area (Å²) in [5.41, 5.74) is 0.577. The largest absolute Gasteiger partial charge is 0.351 e. The highest BCUT2D eigenvalue weighted by atomic mass is 32.2. The predicted octanol–water partition coefficient (Wildman–Crippen LogP) is 2.75. The number of halogens is 1. The fourth-order valence-corrected chi connectivity index (χ4v) is 5.24. The van der Waals surface area contributed by atoms with Gasteiger partial charge in [-0.25, -0.2) is 22.1 Å². The molecule has 1 N–H and O–H groups in total. The number of aromatic nitrogens is 3. The van der Waals surface area contributed by atoms with Gasteiger partial charge in [0.2, 0.25) is 16.0 Å². The van der Waals surface area contributed by atoms with Gasteiger partial charge in [-0.3, -0.25) is 9.36 Å². The van der Waals surface area contributed by atoms with Crippen LogP contribution in [0.4, 0.5) is 10.3 Å². The van der Waals surface area contributed by atoms with Gasteiger partial charge in [-0.1, -0.05) is 18.2 Å². The summed E-state index contributed by atoms with van der Waals surface area (Å²) >= 11 is 0. The Bertz CT molecular complexity index is 1310. The van der Waals surface area contributed by atoms with Crippen LogP contribution in [0.2, 0.25) is 0 Å². The summed E-state index contributed by atoms with van der Waals surface area (Å²) in [6.07, 6.45) is 2.88. The molecule has 1 aliphatic rings. The highest BCUT2D eigenvalue weighted by Gasteiger charge is 2.30. The third-order valence-electron chi connectivity index (χ3n) is 5.86. The average Bonchev–Trinajstić information content (AvgIpc) is 2.77. The van der Waals surface area contributed by atoms with E-state index >= 15 is 0 Å². The molecule has 0 saturated carbocycles. The van der Waals surface area contributed by atoms with Crippen LogP contribution in [0, 0.1) is 5.82 Å². The number of rotatable bonds is 5. The first-order chi connectivity index (χ1) is 15.2. The Hall–Kier alpha value is -2.85. The Morgan fingerprint density at radius 1 is 1.16 bits per heavy atom. The number of benzene rings is 1. The van der Waals surface area contributed by atoms with Crippen LogP contribution < -0.4 is 10.9 Å². The van der Waals surface area contributed by atoms with Crippen LogP contribution in [-0.2, 0) is 17.1 Å². The molecule has 0 unspecified atom stereocenters. The third kappa shape index (κ3) is 4.12. The lowest BCUT2D eigenvalue weighted by Crippen LogP contribution is -2.45. The summed E-state index contributed by atoms with van der Waals surface area (Å²) in [5.74, 6) is -0.0923. The summed E-state index contributed by atoms with van der Waals surface area (Å²) in [6.45, 7) is 4.25. The molecule has 4 rings (SSSR count). The van der Waals surface area contributed by atoms with Gasteiger partial charge in [0.05, 0.1) is 10.8 Å². The lowest BCUT2D eigenvalue weighted by atomic mass is 10.1. The van der Waals surface area contributed by atoms with E-state index in [4.69, 9.17) is 0 Å². The van der Waals surface area contributed by atoms with Crippen LogP contribution >= 0.6 is 0 Å². The fourth-order valence-electron chi connectivity index (χ4n) is 3.92. The summed E-state index contributed by atoms with van der Waals surface area (Å²) in [6, 6.07) is 7.79. The number of fused-ring (bicyclic) bond motifs is 1. The van der Waals surface area contributed by atoms with Crippen molar-refractivity contribution < 1.29 is 12.8 Å². The predicted molar refractivity (Wildman–Crippen MR) is 122 cm³/mol. The number of piperidine rings is 1. The summed E-state index contributed by atoms with van der Waals surface area (Å²) in [7, 11) is -1.66. The molecule has 10 heteroatoms. The number of anilines is 1. The van der Waals surface area contributed by atoms with E-state index in [1.165, 1.54) is 14.9 Å². The molecule has 1 fully saturated rings. The fraction of sp³-hybridized carbons (Fsp3) is 0.409. The van der Waals surface area contributed by atoms with Gasteiger partial charge in [-0.2, -0.15) is 4.98 Å². The zero-order valence-electron chi connectivity index (χ0n) is 18.2. The zero-order chi connectivity index (χ0) is 23.0. The van der Waals surface area contributed by atoms with Gasteiger partial charge < -0.3 is 5.32 Å². The Morgan fingerprint density at radius 3 is 2.50 bits per heavy atom. The molecule has 8 nitrogen and oxygen atoms in total. The minimum Gasteiger partial charge on any atom is -0.351 e. The molecule has 2 aromatic heterocycles. The van der Waals surface area contributed by atoms with Gasteiger partial charge in [-0.15, -0.1) is 0 Å². The second-order valence-corrected chi connectivity index (χ2v) is 10.8. The molecule has 0 radical (unpaired) electrons. The van der Waals surface area contributed by atoms with Crippen LogP contribution in [0.3, 0.4) is 0 Å². The molecular formula is C22H26FN5O3S. The maximum atomic E-state index is 14.2. The van der Waals surface area contributed by atoms with E-state index in [2.05, 4.69) is 15.3 Å². The van der Waals surface area contributed by atoms with Gasteiger partial charge in [-0.05, 0) is 38.8 Å². The van der Waals surface area contributed by atoms with Crippen LogP contribution in [0.25, 0.3) is 22.2 Å². The molecule has 0 aliphatic carbocycles. The van der Waals surface area contributed by atoms with Crippen molar-refractivity contribution in [3.63, 3.8) is 0 Å². The van der Waals surface area contributed by atoms with Crippen molar-refractivity contribution in [3.8, 4) is 11.1 Å². The van der Waals surface area contributed by atoms with Crippen LogP contribution in [0.1, 0.15) is 26.7 Å². The topological polar surface area (TPSA) is 97.2 Å². The second kappa shape index (κ2) is 8.59. The highest BCUT2D eigenvalue weighted by Crippen LogP contribution is 2.24. The van der Waals surface area contributed by atoms with Crippen LogP contribution in [-0.4, -0.2) is 51.6 Å². The first kappa shape index (κ1) is 22.3. The Kier molecular flexibility index (Phi) is 6.00. The first-order valence-corrected chi connectivity index (χ1v) is 12.1. The molecule has 170 valence electrons. The quantitative estimate of drug-likeness (QED) is 0.630. The lowest BCUT2D eigenvalue weighted by Gasteiger charge is -2.32. The maximum Gasteiger partial charge on any atom is 0.259 e. The number of hydrogen-bond acceptors (Lipinski definition) is 6. The van der Waals surface area contributed by atoms with E-state index in [9.17, 15) is 17.6 Å². The van der Waals surface area contributed by atoms with Crippen LogP contribution in [0.15, 0.2) is 41.3 Å². The van der Waals surface area contributed by atoms with Crippen molar-refractivity contribution in [3.05, 3.63) is 52.7 Å². The second-order valence-electron chi connectivity index (χ2n) is 8.29. The van der Waals surface area contributed by atoms with Gasteiger partial charge >= 0.3 is 0 Å². The maximum absolute atomic E-state index is 14.2. The summed E-state index contributed by atoms with van der Waals surface area (Å²) in [5, 5.41) is 3.44. The SMILES string of the molecule is CC(C)S(=O)(=O)N1CCC(Nc2ncc3cc(-c4ccccc4F)c(=O)n(C)c3n2)CC1. The van der Waals surface area contributed by atoms with E-state index in [0.717, 1.165) is 0 Å². The molecule has 32 heavy (non-hydrogen) atoms. The van der Waals surface area contributed by atoms with E-state index in [0.29, 0.717) is 42.9 Å². The minimum atomic E-state index is -3.26. The molecule has 3 aromatic rings. The highest BCUT2D eigenvalue weighted by molar-refractivity contribution is 7.89. The van der Waals surface area contributed by atoms with Crippen molar-refractivity contribution in [1.29, 1.82) is 0 Å². The number of sulfonamides is 1. The Labute approximate surface area is 186 Å². The normalized spacial score (nSPS) is 16.0. The van der Waals surface area contributed by atoms with Crippen molar-refractivity contribution in [1.82, 2.24) is 18.8 Å². The van der Waals surface area contributed by atoms with E-state index in [1.807, 2.05) is 0 Å². The number of aryl methyl sites for hydroxylation is 1. The molecule has 3 heterocycles. The molecule has 0 atom stereocenters. The third-order valence-corrected chi connectivity index (χ3v) is 8.13. The van der Waals surface area contributed by atoms with E-state index in [1.54, 1.807) is 51.4 Å². The van der Waals surface area contributed by atoms with Gasteiger partial charge in [0.1, 0.15) is 11.5 Å². The molecule has 0 amide bonds. The minimum absolute atomic E-state index is 0.0285. The molecule has 1 saturated heterocycles. The number of nitrogens with zero attached hydrogens (tertiary/aromatic N) is 4. The number of hydrogen-bond donors (Lipinski definition) is 1. The Morgan fingerprint density at radius 2 is 1.84 bits per heavy atom. The van der Waals surface area contributed by atoms with Crippen molar-refractivity contribution in [2.75, 3.05) is 18.4 Å². The summed E-state index contributed by atoms with van der Waals surface area (Å²) < 4.78 is 41.8. The smallest absolute Gasteiger partial charge is 0.259 e. The standard InChI is InChI=1S/C22H26FN5O3S/c1-14(2)32(30,31)28-10-8-16(9-11-28)25-22-24-13-15-12-18(17-6-4-5-7-19(17)23)21(29)27(3)20(15)26-22/h4-7,12-14,16H,8-11H2,1-3H3,(H,24,25,26). The van der Waals surface area contributed by atoms with Crippen molar-refractivity contribution >= 4 is 27.0 Å². The number of nitrogens with one attached hydrogen (secondary N) is 1. The molecule has 0 spiro atoms. The molecule has 1 aromatic carbocycles.